The molecule has 0 amide bonds. The first-order valence-corrected chi connectivity index (χ1v) is 9.67. The molecule has 30 heavy (non-hydrogen) atoms. The predicted molar refractivity (Wildman–Crippen MR) is 105 cm³/mol. The van der Waals surface area contributed by atoms with Gasteiger partial charge in [0.05, 0.1) is 5.56 Å². The lowest BCUT2D eigenvalue weighted by molar-refractivity contribution is -0.140. The zero-order valence-corrected chi connectivity index (χ0v) is 16.5. The summed E-state index contributed by atoms with van der Waals surface area (Å²) in [5.41, 5.74) is 2.20. The van der Waals surface area contributed by atoms with Crippen LogP contribution in [0.1, 0.15) is 47.9 Å². The molecule has 0 unspecified atom stereocenters. The second-order valence-corrected chi connectivity index (χ2v) is 7.42. The third-order valence-corrected chi connectivity index (χ3v) is 5.19. The Kier molecular flexibility index (Phi) is 6.48. The molecule has 0 fully saturated rings. The summed E-state index contributed by atoms with van der Waals surface area (Å²) in [6.45, 7) is 1.95. The van der Waals surface area contributed by atoms with E-state index in [-0.39, 0.29) is 36.6 Å². The van der Waals surface area contributed by atoms with Crippen LogP contribution in [0.15, 0.2) is 42.0 Å². The van der Waals surface area contributed by atoms with Gasteiger partial charge in [-0.2, -0.15) is 13.2 Å². The summed E-state index contributed by atoms with van der Waals surface area (Å²) in [7, 11) is 0. The van der Waals surface area contributed by atoms with Gasteiger partial charge in [0.2, 0.25) is 0 Å². The maximum absolute atomic E-state index is 14.3. The monoisotopic (exact) mass is 422 g/mol. The highest BCUT2D eigenvalue weighted by atomic mass is 19.4. The fraction of sp³-hybridized carbons (Fsp3) is 0.348. The lowest BCUT2D eigenvalue weighted by Gasteiger charge is -2.16. The zero-order valence-electron chi connectivity index (χ0n) is 16.5. The van der Waals surface area contributed by atoms with Gasteiger partial charge in [0.15, 0.2) is 0 Å². The van der Waals surface area contributed by atoms with Crippen molar-refractivity contribution in [1.29, 1.82) is 0 Å². The quantitative estimate of drug-likeness (QED) is 0.542. The first-order valence-electron chi connectivity index (χ1n) is 9.67. The topological polar surface area (TPSA) is 46.5 Å². The number of alkyl halides is 3. The summed E-state index contributed by atoms with van der Waals surface area (Å²) in [5.74, 6) is -1.44. The first-order chi connectivity index (χ1) is 14.1. The Balaban J connectivity index is 1.82. The number of hydrogen-bond donors (Lipinski definition) is 1. The SMILES string of the molecule is Cc1ccc(F)c(C2=C(COc3ccc(CCC(=O)O)c(C(F)(F)F)c3)CCC2)c1. The van der Waals surface area contributed by atoms with Gasteiger partial charge in [0, 0.05) is 12.0 Å². The van der Waals surface area contributed by atoms with Gasteiger partial charge in [-0.25, -0.2) is 4.39 Å². The van der Waals surface area contributed by atoms with Gasteiger partial charge in [-0.3, -0.25) is 4.79 Å². The normalized spacial score (nSPS) is 14.3. The zero-order chi connectivity index (χ0) is 21.9. The van der Waals surface area contributed by atoms with E-state index in [9.17, 15) is 22.4 Å². The number of aryl methyl sites for hydroxylation is 2. The Morgan fingerprint density at radius 2 is 1.90 bits per heavy atom. The molecule has 2 aromatic carbocycles. The van der Waals surface area contributed by atoms with E-state index in [1.54, 1.807) is 12.1 Å². The molecular formula is C23H22F4O3. The second-order valence-electron chi connectivity index (χ2n) is 7.42. The third-order valence-electron chi connectivity index (χ3n) is 5.19. The van der Waals surface area contributed by atoms with Crippen molar-refractivity contribution in [3.8, 4) is 5.75 Å². The van der Waals surface area contributed by atoms with Crippen LogP contribution < -0.4 is 4.74 Å². The van der Waals surface area contributed by atoms with Crippen LogP contribution in [-0.2, 0) is 17.4 Å². The van der Waals surface area contributed by atoms with Crippen LogP contribution in [0.25, 0.3) is 5.57 Å². The molecule has 0 saturated heterocycles. The van der Waals surface area contributed by atoms with E-state index in [2.05, 4.69) is 0 Å². The Hall–Kier alpha value is -2.83. The standard InChI is InChI=1S/C23H22F4O3/c1-14-5-9-21(24)19(11-14)18-4-2-3-16(18)13-30-17-8-6-15(7-10-22(28)29)20(12-17)23(25,26)27/h5-6,8-9,11-12H,2-4,7,10,13H2,1H3,(H,28,29). The molecule has 0 aliphatic heterocycles. The van der Waals surface area contributed by atoms with Crippen molar-refractivity contribution in [1.82, 2.24) is 0 Å². The molecule has 0 heterocycles. The highest BCUT2D eigenvalue weighted by Gasteiger charge is 2.34. The summed E-state index contributed by atoms with van der Waals surface area (Å²) in [5, 5.41) is 8.75. The van der Waals surface area contributed by atoms with Crippen molar-refractivity contribution >= 4 is 11.5 Å². The summed E-state index contributed by atoms with van der Waals surface area (Å²) >= 11 is 0. The molecule has 0 saturated carbocycles. The lowest BCUT2D eigenvalue weighted by Crippen LogP contribution is -2.11. The number of carboxylic acid groups (broad SMARTS) is 1. The molecular weight excluding hydrogens is 400 g/mol. The maximum Gasteiger partial charge on any atom is 0.416 e. The van der Waals surface area contributed by atoms with Crippen LogP contribution in [0.3, 0.4) is 0 Å². The van der Waals surface area contributed by atoms with Gasteiger partial charge in [-0.1, -0.05) is 17.7 Å². The number of hydrogen-bond acceptors (Lipinski definition) is 2. The van der Waals surface area contributed by atoms with E-state index >= 15 is 0 Å². The van der Waals surface area contributed by atoms with Gasteiger partial charge in [0.25, 0.3) is 0 Å². The molecule has 1 aliphatic rings. The average Bonchev–Trinajstić information content (AvgIpc) is 3.14. The van der Waals surface area contributed by atoms with Crippen molar-refractivity contribution in [2.45, 2.75) is 45.2 Å². The molecule has 2 aromatic rings. The molecule has 3 rings (SSSR count). The van der Waals surface area contributed by atoms with Crippen molar-refractivity contribution in [2.24, 2.45) is 0 Å². The largest absolute Gasteiger partial charge is 0.489 e. The number of rotatable bonds is 7. The number of allylic oxidation sites excluding steroid dienone is 1. The summed E-state index contributed by atoms with van der Waals surface area (Å²) in [4.78, 5) is 10.7. The number of ether oxygens (including phenoxy) is 1. The van der Waals surface area contributed by atoms with Gasteiger partial charge in [0.1, 0.15) is 18.2 Å². The lowest BCUT2D eigenvalue weighted by atomic mass is 10.00. The van der Waals surface area contributed by atoms with Crippen LogP contribution in [0.5, 0.6) is 5.75 Å². The fourth-order valence-corrected chi connectivity index (χ4v) is 3.70. The highest BCUT2D eigenvalue weighted by molar-refractivity contribution is 5.71. The van der Waals surface area contributed by atoms with Gasteiger partial charge in [-0.15, -0.1) is 0 Å². The molecule has 1 N–H and O–H groups in total. The van der Waals surface area contributed by atoms with E-state index < -0.39 is 17.7 Å². The number of halogens is 4. The highest BCUT2D eigenvalue weighted by Crippen LogP contribution is 2.37. The predicted octanol–water partition coefficient (Wildman–Crippen LogP) is 6.19. The number of benzene rings is 2. The van der Waals surface area contributed by atoms with Crippen molar-refractivity contribution in [3.05, 3.63) is 70.0 Å². The van der Waals surface area contributed by atoms with Crippen LogP contribution in [-0.4, -0.2) is 17.7 Å². The van der Waals surface area contributed by atoms with E-state index in [1.807, 2.05) is 6.92 Å². The van der Waals surface area contributed by atoms with Crippen LogP contribution in [0, 0.1) is 12.7 Å². The summed E-state index contributed by atoms with van der Waals surface area (Å²) < 4.78 is 60.1. The van der Waals surface area contributed by atoms with E-state index in [0.717, 1.165) is 29.2 Å². The molecule has 7 heteroatoms. The summed E-state index contributed by atoms with van der Waals surface area (Å²) in [6.07, 6.45) is -2.99. The molecule has 0 aromatic heterocycles. The Morgan fingerprint density at radius 1 is 1.13 bits per heavy atom. The first kappa shape index (κ1) is 21.9. The minimum absolute atomic E-state index is 0.0462. The minimum atomic E-state index is -4.62. The van der Waals surface area contributed by atoms with E-state index in [1.165, 1.54) is 18.2 Å². The van der Waals surface area contributed by atoms with Gasteiger partial charge >= 0.3 is 12.1 Å². The van der Waals surface area contributed by atoms with Crippen LogP contribution in [0.4, 0.5) is 17.6 Å². The molecule has 0 atom stereocenters. The third kappa shape index (κ3) is 5.20. The van der Waals surface area contributed by atoms with Gasteiger partial charge < -0.3 is 9.84 Å². The van der Waals surface area contributed by atoms with Crippen LogP contribution >= 0.6 is 0 Å². The number of carboxylic acids is 1. The van der Waals surface area contributed by atoms with E-state index in [0.29, 0.717) is 18.4 Å². The van der Waals surface area contributed by atoms with Crippen molar-refractivity contribution in [3.63, 3.8) is 0 Å². The number of aliphatic carboxylic acids is 1. The Bertz CT molecular complexity index is 977. The van der Waals surface area contributed by atoms with Gasteiger partial charge in [-0.05, 0) is 73.6 Å². The Labute approximate surface area is 172 Å². The molecule has 0 spiro atoms. The smallest absolute Gasteiger partial charge is 0.416 e. The van der Waals surface area contributed by atoms with E-state index in [4.69, 9.17) is 9.84 Å². The number of carbonyl (C=O) groups is 1. The van der Waals surface area contributed by atoms with Crippen molar-refractivity contribution < 1.29 is 32.2 Å². The fourth-order valence-electron chi connectivity index (χ4n) is 3.70. The average molecular weight is 422 g/mol. The molecule has 3 nitrogen and oxygen atoms in total. The Morgan fingerprint density at radius 3 is 2.60 bits per heavy atom. The molecule has 0 radical (unpaired) electrons. The molecule has 0 bridgehead atoms. The van der Waals surface area contributed by atoms with Crippen LogP contribution in [0.2, 0.25) is 0 Å². The van der Waals surface area contributed by atoms with Crippen molar-refractivity contribution in [2.75, 3.05) is 6.61 Å². The minimum Gasteiger partial charge on any atom is -0.489 e. The maximum atomic E-state index is 14.3. The molecule has 160 valence electrons. The summed E-state index contributed by atoms with van der Waals surface area (Å²) in [6, 6.07) is 8.45. The second kappa shape index (κ2) is 8.90. The molecule has 1 aliphatic carbocycles.